The number of benzene rings is 3. The van der Waals surface area contributed by atoms with Crippen molar-refractivity contribution in [2.24, 2.45) is 5.10 Å². The molecule has 0 aliphatic heterocycles. The monoisotopic (exact) mass is 443 g/mol. The molecule has 3 aromatic carbocycles. The molecule has 0 bridgehead atoms. The van der Waals surface area contributed by atoms with Gasteiger partial charge in [-0.1, -0.05) is 41.9 Å². The highest BCUT2D eigenvalue weighted by Gasteiger charge is 2.16. The molecule has 0 aliphatic carbocycles. The van der Waals surface area contributed by atoms with Gasteiger partial charge in [-0.2, -0.15) is 5.10 Å². The maximum Gasteiger partial charge on any atom is 0.260 e. The number of phenols is 1. The van der Waals surface area contributed by atoms with Gasteiger partial charge in [0.05, 0.1) is 22.3 Å². The molecule has 1 amide bonds. The average Bonchev–Trinajstić information content (AvgIpc) is 3.09. The van der Waals surface area contributed by atoms with Crippen molar-refractivity contribution in [3.8, 4) is 5.75 Å². The standard InChI is InChI=1S/C24H18ClN5O2/c1-14(16-6-3-5-9-21(16)31)28-29-22(32)13-30-20-8-4-2-7-17(20)23-24(30)27-18-11-10-15(25)12-19(18)26-23/h2-12,31H,13H2,1H3,(H,29,32)/b28-14+. The molecule has 2 N–H and O–H groups in total. The largest absolute Gasteiger partial charge is 0.507 e. The summed E-state index contributed by atoms with van der Waals surface area (Å²) in [5.41, 5.74) is 7.18. The molecule has 0 atom stereocenters. The third-order valence-electron chi connectivity index (χ3n) is 5.26. The number of rotatable bonds is 4. The van der Waals surface area contributed by atoms with Crippen molar-refractivity contribution >= 4 is 56.3 Å². The summed E-state index contributed by atoms with van der Waals surface area (Å²) in [6.07, 6.45) is 0. The second-order valence-electron chi connectivity index (χ2n) is 7.38. The van der Waals surface area contributed by atoms with Crippen LogP contribution in [0.4, 0.5) is 0 Å². The van der Waals surface area contributed by atoms with E-state index in [9.17, 15) is 9.90 Å². The van der Waals surface area contributed by atoms with Crippen LogP contribution in [0.2, 0.25) is 5.02 Å². The van der Waals surface area contributed by atoms with Gasteiger partial charge in [0.25, 0.3) is 5.91 Å². The third-order valence-corrected chi connectivity index (χ3v) is 5.49. The molecule has 0 unspecified atom stereocenters. The predicted molar refractivity (Wildman–Crippen MR) is 126 cm³/mol. The Bertz CT molecular complexity index is 1540. The zero-order valence-electron chi connectivity index (χ0n) is 17.1. The van der Waals surface area contributed by atoms with Crippen LogP contribution >= 0.6 is 11.6 Å². The van der Waals surface area contributed by atoms with Crippen LogP contribution in [0.5, 0.6) is 5.75 Å². The van der Waals surface area contributed by atoms with Crippen molar-refractivity contribution in [2.45, 2.75) is 13.5 Å². The molecule has 0 spiro atoms. The van der Waals surface area contributed by atoms with E-state index >= 15 is 0 Å². The Kier molecular flexibility index (Phi) is 4.95. The lowest BCUT2D eigenvalue weighted by Crippen LogP contribution is -2.24. The van der Waals surface area contributed by atoms with Gasteiger partial charge in [-0.25, -0.2) is 15.4 Å². The van der Waals surface area contributed by atoms with Crippen LogP contribution in [0.25, 0.3) is 33.1 Å². The van der Waals surface area contributed by atoms with Crippen molar-refractivity contribution in [1.82, 2.24) is 20.0 Å². The highest BCUT2D eigenvalue weighted by atomic mass is 35.5. The highest BCUT2D eigenvalue weighted by molar-refractivity contribution is 6.31. The molecule has 8 heteroatoms. The van der Waals surface area contributed by atoms with Crippen LogP contribution in [-0.4, -0.2) is 31.3 Å². The minimum absolute atomic E-state index is 0.00927. The number of carbonyl (C=O) groups excluding carboxylic acids is 1. The number of carbonyl (C=O) groups is 1. The Hall–Kier alpha value is -3.97. The van der Waals surface area contributed by atoms with Gasteiger partial charge in [-0.3, -0.25) is 4.79 Å². The normalized spacial score (nSPS) is 12.0. The quantitative estimate of drug-likeness (QED) is 0.312. The highest BCUT2D eigenvalue weighted by Crippen LogP contribution is 2.29. The lowest BCUT2D eigenvalue weighted by atomic mass is 10.1. The predicted octanol–water partition coefficient (Wildman–Crippen LogP) is 4.64. The van der Waals surface area contributed by atoms with E-state index in [4.69, 9.17) is 21.6 Å². The molecule has 0 saturated carbocycles. The van der Waals surface area contributed by atoms with Crippen LogP contribution < -0.4 is 5.43 Å². The lowest BCUT2D eigenvalue weighted by molar-refractivity contribution is -0.121. The number of hydrogen-bond acceptors (Lipinski definition) is 5. The zero-order valence-corrected chi connectivity index (χ0v) is 17.8. The van der Waals surface area contributed by atoms with Gasteiger partial charge in [-0.15, -0.1) is 0 Å². The molecule has 0 fully saturated rings. The molecular weight excluding hydrogens is 426 g/mol. The zero-order chi connectivity index (χ0) is 22.2. The van der Waals surface area contributed by atoms with Gasteiger partial charge in [0.1, 0.15) is 17.8 Å². The Balaban J connectivity index is 1.53. The molecule has 5 aromatic rings. The first-order chi connectivity index (χ1) is 15.5. The Labute approximate surface area is 188 Å². The maximum absolute atomic E-state index is 12.8. The third kappa shape index (κ3) is 3.52. The topological polar surface area (TPSA) is 92.4 Å². The van der Waals surface area contributed by atoms with Gasteiger partial charge < -0.3 is 9.67 Å². The molecule has 0 radical (unpaired) electrons. The number of phenolic OH excluding ortho intramolecular Hbond substituents is 1. The Morgan fingerprint density at radius 2 is 1.84 bits per heavy atom. The molecule has 0 saturated heterocycles. The number of halogens is 1. The first kappa shape index (κ1) is 20.0. The van der Waals surface area contributed by atoms with Crippen molar-refractivity contribution < 1.29 is 9.90 Å². The summed E-state index contributed by atoms with van der Waals surface area (Å²) in [5, 5.41) is 15.6. The van der Waals surface area contributed by atoms with Crippen molar-refractivity contribution in [3.05, 3.63) is 77.3 Å². The van der Waals surface area contributed by atoms with E-state index in [0.717, 1.165) is 10.9 Å². The van der Waals surface area contributed by atoms with Gasteiger partial charge in [-0.05, 0) is 43.3 Å². The van der Waals surface area contributed by atoms with Crippen LogP contribution in [-0.2, 0) is 11.3 Å². The van der Waals surface area contributed by atoms with Gasteiger partial charge in [0.15, 0.2) is 5.65 Å². The van der Waals surface area contributed by atoms with Crippen LogP contribution in [0.3, 0.4) is 0 Å². The molecule has 7 nitrogen and oxygen atoms in total. The number of aromatic nitrogens is 3. The van der Waals surface area contributed by atoms with Crippen LogP contribution in [0.1, 0.15) is 12.5 Å². The Morgan fingerprint density at radius 3 is 2.69 bits per heavy atom. The summed E-state index contributed by atoms with van der Waals surface area (Å²) in [6.45, 7) is 1.73. The minimum atomic E-state index is -0.319. The van der Waals surface area contributed by atoms with Gasteiger partial charge >= 0.3 is 0 Å². The van der Waals surface area contributed by atoms with Crippen molar-refractivity contribution in [2.75, 3.05) is 0 Å². The number of amides is 1. The molecular formula is C24H18ClN5O2. The smallest absolute Gasteiger partial charge is 0.260 e. The van der Waals surface area contributed by atoms with E-state index in [0.29, 0.717) is 38.5 Å². The summed E-state index contributed by atoms with van der Waals surface area (Å²) >= 11 is 6.12. The molecule has 5 rings (SSSR count). The van der Waals surface area contributed by atoms with E-state index in [1.165, 1.54) is 0 Å². The van der Waals surface area contributed by atoms with Crippen LogP contribution in [0, 0.1) is 0 Å². The summed E-state index contributed by atoms with van der Waals surface area (Å²) in [4.78, 5) is 22.3. The van der Waals surface area contributed by atoms with E-state index in [2.05, 4.69) is 10.5 Å². The minimum Gasteiger partial charge on any atom is -0.507 e. The number of hydrazone groups is 1. The number of nitrogens with one attached hydrogen (secondary N) is 1. The number of aromatic hydroxyl groups is 1. The Morgan fingerprint density at radius 1 is 1.06 bits per heavy atom. The fourth-order valence-corrected chi connectivity index (χ4v) is 3.90. The second-order valence-corrected chi connectivity index (χ2v) is 7.82. The molecule has 2 heterocycles. The fraction of sp³-hybridized carbons (Fsp3) is 0.0833. The second kappa shape index (κ2) is 7.94. The summed E-state index contributed by atoms with van der Waals surface area (Å²) in [6, 6.07) is 19.9. The van der Waals surface area contributed by atoms with E-state index < -0.39 is 0 Å². The van der Waals surface area contributed by atoms with E-state index in [1.54, 1.807) is 43.3 Å². The summed E-state index contributed by atoms with van der Waals surface area (Å²) < 4.78 is 1.83. The summed E-state index contributed by atoms with van der Waals surface area (Å²) in [7, 11) is 0. The van der Waals surface area contributed by atoms with Gasteiger partial charge in [0.2, 0.25) is 0 Å². The fourth-order valence-electron chi connectivity index (χ4n) is 3.74. The van der Waals surface area contributed by atoms with E-state index in [-0.39, 0.29) is 18.2 Å². The lowest BCUT2D eigenvalue weighted by Gasteiger charge is -2.07. The van der Waals surface area contributed by atoms with Crippen molar-refractivity contribution in [3.63, 3.8) is 0 Å². The molecule has 158 valence electrons. The van der Waals surface area contributed by atoms with Crippen molar-refractivity contribution in [1.29, 1.82) is 0 Å². The summed E-state index contributed by atoms with van der Waals surface area (Å²) in [5.74, 6) is -0.215. The van der Waals surface area contributed by atoms with Crippen LogP contribution in [0.15, 0.2) is 71.8 Å². The number of nitrogens with zero attached hydrogens (tertiary/aromatic N) is 4. The van der Waals surface area contributed by atoms with E-state index in [1.807, 2.05) is 34.9 Å². The first-order valence-corrected chi connectivity index (χ1v) is 10.3. The molecule has 0 aliphatic rings. The average molecular weight is 444 g/mol. The number of hydrogen-bond donors (Lipinski definition) is 2. The number of fused-ring (bicyclic) bond motifs is 4. The first-order valence-electron chi connectivity index (χ1n) is 9.97. The number of para-hydroxylation sites is 2. The SMILES string of the molecule is C/C(=N\NC(=O)Cn1c2ccccc2c2nc3cc(Cl)ccc3nc21)c1ccccc1O. The molecule has 2 aromatic heterocycles. The molecule has 32 heavy (non-hydrogen) atoms. The van der Waals surface area contributed by atoms with Gasteiger partial charge in [0, 0.05) is 16.0 Å². The maximum atomic E-state index is 12.8.